The van der Waals surface area contributed by atoms with E-state index >= 15 is 0 Å². The zero-order valence-corrected chi connectivity index (χ0v) is 30.7. The van der Waals surface area contributed by atoms with Crippen LogP contribution in [0.1, 0.15) is 122 Å². The normalized spacial score (nSPS) is 47.5. The lowest BCUT2D eigenvalue weighted by Gasteiger charge is -2.71. The van der Waals surface area contributed by atoms with Gasteiger partial charge in [0.15, 0.2) is 0 Å². The minimum atomic E-state index is -0.583. The Bertz CT molecular complexity index is 1160. The van der Waals surface area contributed by atoms with Crippen LogP contribution in [0.2, 0.25) is 0 Å². The van der Waals surface area contributed by atoms with E-state index in [1.807, 2.05) is 0 Å². The van der Waals surface area contributed by atoms with Crippen LogP contribution in [0, 0.1) is 68.0 Å². The van der Waals surface area contributed by atoms with Gasteiger partial charge in [-0.25, -0.2) is 0 Å². The van der Waals surface area contributed by atoms with Crippen LogP contribution in [0.25, 0.3) is 0 Å². The molecule has 0 amide bonds. The number of nitrogens with one attached hydrogen (secondary N) is 1. The highest BCUT2D eigenvalue weighted by molar-refractivity contribution is 5.73. The molecule has 0 aromatic heterocycles. The lowest BCUT2D eigenvalue weighted by atomic mass is 9.34. The summed E-state index contributed by atoms with van der Waals surface area (Å²) in [5.74, 6) is 1.26. The number of allylic oxidation sites excluding steroid dienone is 1. The summed E-state index contributed by atoms with van der Waals surface area (Å²) in [5.41, 5.74) is 1.03. The molecular weight excluding hydrogens is 546 g/mol. The van der Waals surface area contributed by atoms with Crippen LogP contribution >= 0.6 is 0 Å². The molecule has 0 unspecified atom stereocenters. The Labute approximate surface area is 270 Å². The summed E-state index contributed by atoms with van der Waals surface area (Å²) in [4.78, 5) is 13.3. The lowest BCUT2D eigenvalue weighted by molar-refractivity contribution is -0.254. The number of carboxylic acids is 1. The largest absolute Gasteiger partial charge is 0.481 e. The van der Waals surface area contributed by atoms with E-state index in [-0.39, 0.29) is 50.1 Å². The molecular formula is C39H67NO4. The number of likely N-dealkylation sites (N-methyl/N-ethyl adjacent to an activating group) is 1. The second-order valence-corrected chi connectivity index (χ2v) is 19.1. The van der Waals surface area contributed by atoms with Crippen molar-refractivity contribution in [1.29, 1.82) is 0 Å². The van der Waals surface area contributed by atoms with E-state index in [0.717, 1.165) is 45.3 Å². The van der Waals surface area contributed by atoms with Crippen LogP contribution in [0.4, 0.5) is 0 Å². The molecule has 5 aliphatic rings. The number of rotatable bonds is 7. The van der Waals surface area contributed by atoms with Crippen molar-refractivity contribution < 1.29 is 19.4 Å². The topological polar surface area (TPSA) is 67.8 Å². The van der Waals surface area contributed by atoms with Gasteiger partial charge in [0.05, 0.1) is 31.8 Å². The van der Waals surface area contributed by atoms with E-state index < -0.39 is 5.97 Å². The third-order valence-electron chi connectivity index (χ3n) is 16.1. The van der Waals surface area contributed by atoms with Crippen molar-refractivity contribution in [2.75, 3.05) is 26.9 Å². The molecule has 0 spiro atoms. The summed E-state index contributed by atoms with van der Waals surface area (Å²) in [5, 5.41) is 14.6. The summed E-state index contributed by atoms with van der Waals surface area (Å²) in [7, 11) is 2.06. The highest BCUT2D eigenvalue weighted by Crippen LogP contribution is 2.75. The quantitative estimate of drug-likeness (QED) is 0.281. The minimum Gasteiger partial charge on any atom is -0.481 e. The Morgan fingerprint density at radius 3 is 2.30 bits per heavy atom. The first-order chi connectivity index (χ1) is 20.2. The Morgan fingerprint density at radius 1 is 1.07 bits per heavy atom. The molecule has 3 saturated carbocycles. The number of hydrogen-bond acceptors (Lipinski definition) is 4. The summed E-state index contributed by atoms with van der Waals surface area (Å²) >= 11 is 0. The van der Waals surface area contributed by atoms with Gasteiger partial charge in [0.25, 0.3) is 0 Å². The van der Waals surface area contributed by atoms with Crippen molar-refractivity contribution in [1.82, 2.24) is 5.32 Å². The van der Waals surface area contributed by atoms with Crippen LogP contribution < -0.4 is 5.32 Å². The van der Waals surface area contributed by atoms with Gasteiger partial charge in [-0.1, -0.05) is 87.8 Å². The molecule has 1 heterocycles. The molecule has 2 bridgehead atoms. The van der Waals surface area contributed by atoms with Crippen molar-refractivity contribution >= 4 is 5.97 Å². The number of ether oxygens (including phenoxy) is 2. The molecule has 1 aliphatic heterocycles. The summed E-state index contributed by atoms with van der Waals surface area (Å²) in [6.45, 7) is 30.3. The number of carbonyl (C=O) groups is 1. The zero-order chi connectivity index (χ0) is 32.9. The Kier molecular flexibility index (Phi) is 8.46. The SMILES string of the molecule is CN[C@@](C)(CO[C@H]1[C@H](C)C[C@@]23COC[C@@]1(C)[C@@H]2CC[C@H]1C3=CC[C@@]2(C)[C@H](C(=O)O)[C@@](C)([C@H](C)C(C)C)CC[C@]12C)C(C)(C)C. The van der Waals surface area contributed by atoms with Crippen LogP contribution in [-0.4, -0.2) is 49.6 Å². The van der Waals surface area contributed by atoms with Gasteiger partial charge < -0.3 is 19.9 Å². The molecule has 4 aliphatic carbocycles. The first-order valence-corrected chi connectivity index (χ1v) is 18.0. The number of fused-ring (bicyclic) bond motifs is 3. The molecule has 2 N–H and O–H groups in total. The molecule has 0 aromatic carbocycles. The predicted molar refractivity (Wildman–Crippen MR) is 179 cm³/mol. The second kappa shape index (κ2) is 10.8. The van der Waals surface area contributed by atoms with Gasteiger partial charge >= 0.3 is 5.97 Å². The van der Waals surface area contributed by atoms with Crippen molar-refractivity contribution in [3.8, 4) is 0 Å². The smallest absolute Gasteiger partial charge is 0.307 e. The van der Waals surface area contributed by atoms with Crippen molar-refractivity contribution in [2.24, 2.45) is 68.0 Å². The highest BCUT2D eigenvalue weighted by atomic mass is 16.5. The monoisotopic (exact) mass is 614 g/mol. The van der Waals surface area contributed by atoms with E-state index in [9.17, 15) is 9.90 Å². The number of aliphatic carboxylic acids is 1. The predicted octanol–water partition coefficient (Wildman–Crippen LogP) is 8.62. The second-order valence-electron chi connectivity index (χ2n) is 19.1. The fraction of sp³-hybridized carbons (Fsp3) is 0.923. The standard InChI is InChI=1S/C39H67NO4/c1-24(2)26(4)34(8)18-19-36(10)27-14-15-29-35(9)21-43-23-39(29,28(27)16-17-37(36,11)30(34)32(41)42)20-25(3)31(35)44-22-38(12,40-13)33(5,6)7/h16,24-27,29-31,40H,14-15,17-23H2,1-13H3,(H,41,42)/t25-,26-,27+,29+,30-,31+,34-,35+,36-,37+,38+,39+/m1/s1. The number of hydrogen-bond donors (Lipinski definition) is 2. The molecule has 12 atom stereocenters. The van der Waals surface area contributed by atoms with Gasteiger partial charge in [0.1, 0.15) is 0 Å². The van der Waals surface area contributed by atoms with Crippen molar-refractivity contribution in [3.05, 3.63) is 11.6 Å². The maximum absolute atomic E-state index is 13.3. The van der Waals surface area contributed by atoms with Gasteiger partial charge in [-0.05, 0) is 104 Å². The molecule has 0 radical (unpaired) electrons. The van der Waals surface area contributed by atoms with E-state index in [1.165, 1.54) is 6.42 Å². The first kappa shape index (κ1) is 34.4. The van der Waals surface area contributed by atoms with Crippen LogP contribution in [0.15, 0.2) is 11.6 Å². The third kappa shape index (κ3) is 4.50. The van der Waals surface area contributed by atoms with Crippen molar-refractivity contribution in [2.45, 2.75) is 133 Å². The Hall–Kier alpha value is -0.910. The van der Waals surface area contributed by atoms with E-state index in [2.05, 4.69) is 102 Å². The molecule has 252 valence electrons. The molecule has 0 aromatic rings. The van der Waals surface area contributed by atoms with Crippen molar-refractivity contribution in [3.63, 3.8) is 0 Å². The fourth-order valence-electron chi connectivity index (χ4n) is 12.3. The van der Waals surface area contributed by atoms with Crippen LogP contribution in [-0.2, 0) is 14.3 Å². The third-order valence-corrected chi connectivity index (χ3v) is 16.1. The average molecular weight is 614 g/mol. The number of carboxylic acid groups (broad SMARTS) is 1. The zero-order valence-electron chi connectivity index (χ0n) is 30.7. The molecule has 4 fully saturated rings. The minimum absolute atomic E-state index is 0.0283. The molecule has 5 heteroatoms. The first-order valence-electron chi connectivity index (χ1n) is 18.0. The highest BCUT2D eigenvalue weighted by Gasteiger charge is 2.71. The Morgan fingerprint density at radius 2 is 1.73 bits per heavy atom. The lowest BCUT2D eigenvalue weighted by Crippen LogP contribution is -2.69. The van der Waals surface area contributed by atoms with Crippen LogP contribution in [0.3, 0.4) is 0 Å². The van der Waals surface area contributed by atoms with Crippen LogP contribution in [0.5, 0.6) is 0 Å². The average Bonchev–Trinajstić information content (AvgIpc) is 2.91. The van der Waals surface area contributed by atoms with E-state index in [1.54, 1.807) is 5.57 Å². The van der Waals surface area contributed by atoms with E-state index in [0.29, 0.717) is 36.2 Å². The van der Waals surface area contributed by atoms with Gasteiger partial charge in [-0.2, -0.15) is 0 Å². The summed E-state index contributed by atoms with van der Waals surface area (Å²) in [6, 6.07) is 0. The van der Waals surface area contributed by atoms with Gasteiger partial charge in [-0.15, -0.1) is 0 Å². The molecule has 5 nitrogen and oxygen atoms in total. The summed E-state index contributed by atoms with van der Waals surface area (Å²) < 4.78 is 13.7. The fourth-order valence-corrected chi connectivity index (χ4v) is 12.3. The molecule has 5 rings (SSSR count). The van der Waals surface area contributed by atoms with E-state index in [4.69, 9.17) is 9.47 Å². The molecule has 44 heavy (non-hydrogen) atoms. The Balaban J connectivity index is 1.52. The maximum Gasteiger partial charge on any atom is 0.307 e. The van der Waals surface area contributed by atoms with Gasteiger partial charge in [0.2, 0.25) is 0 Å². The molecule has 1 saturated heterocycles. The van der Waals surface area contributed by atoms with Gasteiger partial charge in [-0.3, -0.25) is 4.79 Å². The summed E-state index contributed by atoms with van der Waals surface area (Å²) in [6.07, 6.45) is 9.12. The maximum atomic E-state index is 13.3. The van der Waals surface area contributed by atoms with Gasteiger partial charge in [0, 0.05) is 16.4 Å².